The van der Waals surface area contributed by atoms with Crippen LogP contribution in [0.2, 0.25) is 0 Å². The van der Waals surface area contributed by atoms with Crippen LogP contribution in [0.25, 0.3) is 0 Å². The van der Waals surface area contributed by atoms with Crippen molar-refractivity contribution in [3.63, 3.8) is 0 Å². The number of anilines is 1. The molecule has 0 saturated carbocycles. The number of hydrogen-bond donors (Lipinski definition) is 2. The van der Waals surface area contributed by atoms with Gasteiger partial charge in [0, 0.05) is 18.1 Å². The lowest BCUT2D eigenvalue weighted by atomic mass is 9.87. The van der Waals surface area contributed by atoms with Crippen molar-refractivity contribution in [3.8, 4) is 5.75 Å². The van der Waals surface area contributed by atoms with Crippen LogP contribution < -0.4 is 15.6 Å². The minimum Gasteiger partial charge on any atom is -0.491 e. The van der Waals surface area contributed by atoms with Gasteiger partial charge in [-0.1, -0.05) is 53.7 Å². The van der Waals surface area contributed by atoms with Gasteiger partial charge in [0.2, 0.25) is 5.91 Å². The summed E-state index contributed by atoms with van der Waals surface area (Å²) in [5.74, 6) is 1.29. The Morgan fingerprint density at radius 2 is 1.94 bits per heavy atom. The maximum atomic E-state index is 13.0. The van der Waals surface area contributed by atoms with E-state index in [1.54, 1.807) is 0 Å². The van der Waals surface area contributed by atoms with Gasteiger partial charge in [0.1, 0.15) is 11.6 Å². The summed E-state index contributed by atoms with van der Waals surface area (Å²) in [6.07, 6.45) is 0.285. The van der Waals surface area contributed by atoms with Gasteiger partial charge in [-0.15, -0.1) is 0 Å². The van der Waals surface area contributed by atoms with Gasteiger partial charge in [0.05, 0.1) is 11.7 Å². The van der Waals surface area contributed by atoms with Gasteiger partial charge < -0.3 is 15.0 Å². The largest absolute Gasteiger partial charge is 0.491 e. The molecule has 0 fully saturated rings. The smallest absolute Gasteiger partial charge is 0.257 e. The lowest BCUT2D eigenvalue weighted by molar-refractivity contribution is -0.116. The van der Waals surface area contributed by atoms with Gasteiger partial charge >= 0.3 is 0 Å². The molecule has 7 heteroatoms. The van der Waals surface area contributed by atoms with E-state index in [0.29, 0.717) is 22.3 Å². The molecule has 160 valence electrons. The maximum Gasteiger partial charge on any atom is 0.257 e. The second kappa shape index (κ2) is 8.98. The van der Waals surface area contributed by atoms with Gasteiger partial charge in [-0.25, -0.2) is 4.98 Å². The van der Waals surface area contributed by atoms with Crippen LogP contribution in [0.5, 0.6) is 5.75 Å². The molecule has 2 aromatic carbocycles. The summed E-state index contributed by atoms with van der Waals surface area (Å²) < 4.78 is 5.69. The standard InChI is InChI=1S/C24H25N3O3S/c1-14(2)30-18-9-7-17(8-10-18)19-12-20(28)25-22-21(19)23(29)27-24(26-22)31-13-16-6-4-5-15(3)11-16/h4-11,14,19H,12-13H2,1-3H3,(H2,25,26,27,28,29)/t19-/m1/s1. The third kappa shape index (κ3) is 4.99. The second-order valence-corrected chi connectivity index (χ2v) is 8.92. The summed E-state index contributed by atoms with van der Waals surface area (Å²) >= 11 is 1.44. The van der Waals surface area contributed by atoms with E-state index in [-0.39, 0.29) is 29.9 Å². The van der Waals surface area contributed by atoms with Crippen LogP contribution in [0, 0.1) is 6.92 Å². The van der Waals surface area contributed by atoms with E-state index in [0.717, 1.165) is 16.9 Å². The third-order valence-corrected chi connectivity index (χ3v) is 5.99. The first kappa shape index (κ1) is 21.2. The molecule has 0 bridgehead atoms. The minimum absolute atomic E-state index is 0.0785. The molecule has 3 aromatic rings. The van der Waals surface area contributed by atoms with Gasteiger partial charge in [-0.05, 0) is 44.0 Å². The van der Waals surface area contributed by atoms with Crippen molar-refractivity contribution in [2.24, 2.45) is 0 Å². The summed E-state index contributed by atoms with van der Waals surface area (Å²) in [6, 6.07) is 15.8. The maximum absolute atomic E-state index is 13.0. The first-order valence-corrected chi connectivity index (χ1v) is 11.3. The fourth-order valence-electron chi connectivity index (χ4n) is 3.71. The Morgan fingerprint density at radius 1 is 1.16 bits per heavy atom. The number of H-pyrrole nitrogens is 1. The predicted molar refractivity (Wildman–Crippen MR) is 123 cm³/mol. The van der Waals surface area contributed by atoms with Gasteiger partial charge in [-0.2, -0.15) is 0 Å². The van der Waals surface area contributed by atoms with Gasteiger partial charge in [-0.3, -0.25) is 9.59 Å². The Balaban J connectivity index is 1.60. The lowest BCUT2D eigenvalue weighted by Crippen LogP contribution is -2.31. The van der Waals surface area contributed by atoms with E-state index < -0.39 is 0 Å². The number of nitrogens with one attached hydrogen (secondary N) is 2. The molecule has 31 heavy (non-hydrogen) atoms. The summed E-state index contributed by atoms with van der Waals surface area (Å²) in [7, 11) is 0. The summed E-state index contributed by atoms with van der Waals surface area (Å²) in [6.45, 7) is 5.98. The van der Waals surface area contributed by atoms with E-state index in [2.05, 4.69) is 21.4 Å². The Morgan fingerprint density at radius 3 is 2.65 bits per heavy atom. The minimum atomic E-state index is -0.344. The van der Waals surface area contributed by atoms with Crippen LogP contribution in [-0.2, 0) is 10.5 Å². The van der Waals surface area contributed by atoms with Crippen LogP contribution in [0.4, 0.5) is 5.82 Å². The van der Waals surface area contributed by atoms with Crippen molar-refractivity contribution in [1.29, 1.82) is 0 Å². The topological polar surface area (TPSA) is 84.1 Å². The number of carbonyl (C=O) groups is 1. The van der Waals surface area contributed by atoms with Crippen molar-refractivity contribution in [2.45, 2.75) is 50.1 Å². The zero-order chi connectivity index (χ0) is 22.0. The second-order valence-electron chi connectivity index (χ2n) is 7.95. The number of thioether (sulfide) groups is 1. The van der Waals surface area contributed by atoms with E-state index in [4.69, 9.17) is 4.74 Å². The van der Waals surface area contributed by atoms with Crippen molar-refractivity contribution in [3.05, 3.63) is 81.1 Å². The highest BCUT2D eigenvalue weighted by molar-refractivity contribution is 7.98. The van der Waals surface area contributed by atoms with Gasteiger partial charge in [0.15, 0.2) is 5.16 Å². The summed E-state index contributed by atoms with van der Waals surface area (Å²) in [5, 5.41) is 3.27. The number of fused-ring (bicyclic) bond motifs is 1. The molecule has 4 rings (SSSR count). The van der Waals surface area contributed by atoms with E-state index in [1.165, 1.54) is 17.3 Å². The Hall–Kier alpha value is -3.06. The van der Waals surface area contributed by atoms with E-state index >= 15 is 0 Å². The SMILES string of the molecule is Cc1cccc(CSc2nc3c(c(=O)[nH]2)[C@@H](c2ccc(OC(C)C)cc2)CC(=O)N3)c1. The van der Waals surface area contributed by atoms with Crippen molar-refractivity contribution in [2.75, 3.05) is 5.32 Å². The molecular formula is C24H25N3O3S. The number of aromatic amines is 1. The molecule has 1 aliphatic heterocycles. The molecule has 0 aliphatic carbocycles. The molecule has 1 atom stereocenters. The highest BCUT2D eigenvalue weighted by atomic mass is 32.2. The number of aromatic nitrogens is 2. The summed E-state index contributed by atoms with van der Waals surface area (Å²) in [4.78, 5) is 32.8. The molecule has 0 radical (unpaired) electrons. The van der Waals surface area contributed by atoms with Crippen molar-refractivity contribution in [1.82, 2.24) is 9.97 Å². The highest BCUT2D eigenvalue weighted by Gasteiger charge is 2.31. The average molecular weight is 436 g/mol. The molecule has 1 amide bonds. The Bertz CT molecular complexity index is 1160. The number of carbonyl (C=O) groups excluding carboxylic acids is 1. The first-order valence-electron chi connectivity index (χ1n) is 10.3. The molecule has 2 heterocycles. The number of benzene rings is 2. The molecule has 0 unspecified atom stereocenters. The van der Waals surface area contributed by atoms with Crippen LogP contribution >= 0.6 is 11.8 Å². The zero-order valence-corrected chi connectivity index (χ0v) is 18.6. The molecule has 0 saturated heterocycles. The number of amides is 1. The summed E-state index contributed by atoms with van der Waals surface area (Å²) in [5.41, 5.74) is 3.50. The predicted octanol–water partition coefficient (Wildman–Crippen LogP) is 4.63. The zero-order valence-electron chi connectivity index (χ0n) is 17.8. The van der Waals surface area contributed by atoms with Crippen molar-refractivity contribution < 1.29 is 9.53 Å². The first-order chi connectivity index (χ1) is 14.9. The monoisotopic (exact) mass is 435 g/mol. The van der Waals surface area contributed by atoms with E-state index in [9.17, 15) is 9.59 Å². The molecule has 1 aliphatic rings. The number of nitrogens with zero attached hydrogens (tertiary/aromatic N) is 1. The number of rotatable bonds is 6. The lowest BCUT2D eigenvalue weighted by Gasteiger charge is -2.24. The molecule has 6 nitrogen and oxygen atoms in total. The number of hydrogen-bond acceptors (Lipinski definition) is 5. The van der Waals surface area contributed by atoms with Crippen LogP contribution in [0.15, 0.2) is 58.5 Å². The van der Waals surface area contributed by atoms with Crippen molar-refractivity contribution >= 4 is 23.5 Å². The quantitative estimate of drug-likeness (QED) is 0.436. The number of ether oxygens (including phenoxy) is 1. The fourth-order valence-corrected chi connectivity index (χ4v) is 4.51. The van der Waals surface area contributed by atoms with Crippen LogP contribution in [0.3, 0.4) is 0 Å². The Kier molecular flexibility index (Phi) is 6.13. The average Bonchev–Trinajstić information content (AvgIpc) is 2.71. The molecular weight excluding hydrogens is 410 g/mol. The Labute approximate surface area is 185 Å². The van der Waals surface area contributed by atoms with Gasteiger partial charge in [0.25, 0.3) is 5.56 Å². The van der Waals surface area contributed by atoms with E-state index in [1.807, 2.05) is 63.2 Å². The van der Waals surface area contributed by atoms with Crippen LogP contribution in [-0.4, -0.2) is 22.0 Å². The fraction of sp³-hybridized carbons (Fsp3) is 0.292. The normalized spacial score (nSPS) is 15.5. The third-order valence-electron chi connectivity index (χ3n) is 5.04. The highest BCUT2D eigenvalue weighted by Crippen LogP contribution is 2.35. The molecule has 1 aromatic heterocycles. The molecule has 2 N–H and O–H groups in total. The van der Waals surface area contributed by atoms with Crippen LogP contribution in [0.1, 0.15) is 48.4 Å². The number of aryl methyl sites for hydroxylation is 1. The molecule has 0 spiro atoms.